The molecule has 0 radical (unpaired) electrons. The van der Waals surface area contributed by atoms with Crippen LogP contribution in [0.5, 0.6) is 5.75 Å². The summed E-state index contributed by atoms with van der Waals surface area (Å²) in [5, 5.41) is 10.1. The van der Waals surface area contributed by atoms with Gasteiger partial charge in [-0.2, -0.15) is 0 Å². The number of ether oxygens (including phenoxy) is 3. The van der Waals surface area contributed by atoms with Crippen LogP contribution >= 0.6 is 73.1 Å². The van der Waals surface area contributed by atoms with Crippen LogP contribution in [-0.4, -0.2) is 88.0 Å². The van der Waals surface area contributed by atoms with E-state index < -0.39 is 13.1 Å². The third kappa shape index (κ3) is 16.2. The normalized spacial score (nSPS) is 14.1. The number of carbonyl (C=O) groups excluding carboxylic acids is 2. The fraction of sp³-hybridized carbons (Fsp3) is 0.276. The summed E-state index contributed by atoms with van der Waals surface area (Å²) in [6.45, 7) is 17.0. The molecule has 8 aromatic rings. The van der Waals surface area contributed by atoms with E-state index in [0.717, 1.165) is 72.6 Å². The predicted molar refractivity (Wildman–Crippen MR) is 317 cm³/mol. The molecule has 2 aromatic carbocycles. The second kappa shape index (κ2) is 27.4. The lowest BCUT2D eigenvalue weighted by Gasteiger charge is -2.32. The highest BCUT2D eigenvalue weighted by atomic mass is 79.9. The predicted octanol–water partition coefficient (Wildman–Crippen LogP) is 14.4. The van der Waals surface area contributed by atoms with E-state index in [4.69, 9.17) is 51.7 Å². The van der Waals surface area contributed by atoms with Gasteiger partial charge in [0.05, 0.1) is 60.6 Å². The molecule has 0 unspecified atom stereocenters. The Hall–Kier alpha value is -5.80. The van der Waals surface area contributed by atoms with Crippen LogP contribution in [0.1, 0.15) is 92.8 Å². The minimum Gasteiger partial charge on any atom is -0.488 e. The van der Waals surface area contributed by atoms with E-state index in [1.54, 1.807) is 44.2 Å². The zero-order chi connectivity index (χ0) is 56.1. The van der Waals surface area contributed by atoms with E-state index in [-0.39, 0.29) is 23.1 Å². The first kappa shape index (κ1) is 59.9. The van der Waals surface area contributed by atoms with Crippen LogP contribution in [0.4, 0.5) is 0 Å². The van der Waals surface area contributed by atoms with Crippen LogP contribution < -0.4 is 10.3 Å². The molecule has 8 heterocycles. The van der Waals surface area contributed by atoms with Crippen molar-refractivity contribution in [1.82, 2.24) is 19.9 Å². The lowest BCUT2D eigenvalue weighted by molar-refractivity contribution is 0.00578. The van der Waals surface area contributed by atoms with E-state index in [1.807, 2.05) is 100 Å². The minimum atomic E-state index is -0.920. The van der Waals surface area contributed by atoms with E-state index in [1.165, 1.54) is 45.1 Å². The number of aryl methyl sites for hydroxylation is 1. The summed E-state index contributed by atoms with van der Waals surface area (Å²) in [5.74, 6) is -0.685. The number of hydrogen-bond donors (Lipinski definition) is 1. The van der Waals surface area contributed by atoms with Crippen molar-refractivity contribution in [1.29, 1.82) is 0 Å². The number of benzene rings is 2. The number of pyridine rings is 3. The monoisotopic (exact) mass is 1210 g/mol. The highest BCUT2D eigenvalue weighted by molar-refractivity contribution is 9.11. The van der Waals surface area contributed by atoms with Gasteiger partial charge in [0, 0.05) is 18.7 Å². The molecule has 0 atom stereocenters. The van der Waals surface area contributed by atoms with Crippen molar-refractivity contribution in [3.8, 4) is 38.1 Å². The zero-order valence-electron chi connectivity index (χ0n) is 44.3. The molecule has 0 amide bonds. The molecule has 13 nitrogen and oxygen atoms in total. The van der Waals surface area contributed by atoms with Crippen LogP contribution in [0.3, 0.4) is 0 Å². The molecular formula is C58H58BBrCl2N4O9S3. The summed E-state index contributed by atoms with van der Waals surface area (Å²) < 4.78 is 28.7. The van der Waals surface area contributed by atoms with Gasteiger partial charge in [0.25, 0.3) is 0 Å². The highest BCUT2D eigenvalue weighted by Crippen LogP contribution is 2.37. The Morgan fingerprint density at radius 3 is 1.87 bits per heavy atom. The molecule has 2 aliphatic rings. The molecule has 0 bridgehead atoms. The molecule has 0 saturated carbocycles. The Bertz CT molecular complexity index is 3350. The number of carbonyl (C=O) groups is 3. The Balaban J connectivity index is 0.000000168. The van der Waals surface area contributed by atoms with Crippen molar-refractivity contribution in [3.05, 3.63) is 178 Å². The first-order chi connectivity index (χ1) is 37.2. The third-order valence-electron chi connectivity index (χ3n) is 12.4. The standard InChI is InChI=1S/C28H26N2O3S.C12H10ClNO2S.C11H15BClNO2.C7H7BrO2S/c1-18-6-9-25(33-17-19-7-8-21-16-30(2)13-12-20(21)15-19)22(14-18)23-4-3-5-24(29-23)26-10-11-27(34-26)28(31)32;1-2-16-12(15)10-7-6-9(17-10)8-4-3-5-11(13)14-8;1-10(2)11(3,4)16-12(15-10)8-6-5-7-9(13)14-8;1-2-10-7(9)5-3-4-6(8)11-5/h3-11,14-15H,12-13,16-17H2,1-2H3,(H,31,32);3-7H,2H2,1H3;5-7H,1-4H3;3-4H,2H2,1H3. The van der Waals surface area contributed by atoms with Gasteiger partial charge < -0.3 is 33.5 Å². The lowest BCUT2D eigenvalue weighted by Crippen LogP contribution is -2.41. The van der Waals surface area contributed by atoms with E-state index in [9.17, 15) is 19.5 Å². The number of halogens is 3. The van der Waals surface area contributed by atoms with Gasteiger partial charge in [0.1, 0.15) is 37.3 Å². The van der Waals surface area contributed by atoms with Gasteiger partial charge in [-0.15, -0.1) is 34.0 Å². The zero-order valence-corrected chi connectivity index (χ0v) is 49.9. The number of esters is 2. The molecule has 1 N–H and O–H groups in total. The molecule has 2 aliphatic heterocycles. The quantitative estimate of drug-likeness (QED) is 0.0700. The molecule has 78 heavy (non-hydrogen) atoms. The van der Waals surface area contributed by atoms with Crippen molar-refractivity contribution >= 4 is 104 Å². The van der Waals surface area contributed by atoms with Gasteiger partial charge in [-0.3, -0.25) is 0 Å². The van der Waals surface area contributed by atoms with Gasteiger partial charge in [-0.25, -0.2) is 29.3 Å². The number of fused-ring (bicyclic) bond motifs is 1. The number of thiophene rings is 3. The molecule has 1 saturated heterocycles. The summed E-state index contributed by atoms with van der Waals surface area (Å²) in [4.78, 5) is 52.6. The van der Waals surface area contributed by atoms with E-state index in [0.29, 0.717) is 50.4 Å². The van der Waals surface area contributed by atoms with Crippen molar-refractivity contribution < 1.29 is 43.0 Å². The van der Waals surface area contributed by atoms with Crippen LogP contribution in [-0.2, 0) is 38.4 Å². The number of rotatable bonds is 12. The van der Waals surface area contributed by atoms with Crippen molar-refractivity contribution in [2.75, 3.05) is 26.8 Å². The Morgan fingerprint density at radius 1 is 0.692 bits per heavy atom. The summed E-state index contributed by atoms with van der Waals surface area (Å²) >= 11 is 18.9. The summed E-state index contributed by atoms with van der Waals surface area (Å²) in [6, 6.07) is 40.0. The molecule has 20 heteroatoms. The van der Waals surface area contributed by atoms with Gasteiger partial charge in [0.15, 0.2) is 0 Å². The summed E-state index contributed by atoms with van der Waals surface area (Å²) in [6.07, 6.45) is 1.07. The number of aromatic nitrogens is 3. The van der Waals surface area contributed by atoms with Crippen molar-refractivity contribution in [2.45, 2.75) is 79.2 Å². The molecule has 10 rings (SSSR count). The fourth-order valence-electron chi connectivity index (χ4n) is 7.76. The van der Waals surface area contributed by atoms with Crippen LogP contribution in [0.15, 0.2) is 131 Å². The number of nitrogens with zero attached hydrogens (tertiary/aromatic N) is 4. The van der Waals surface area contributed by atoms with Crippen molar-refractivity contribution in [2.24, 2.45) is 0 Å². The Morgan fingerprint density at radius 2 is 1.27 bits per heavy atom. The maximum Gasteiger partial charge on any atom is 0.514 e. The van der Waals surface area contributed by atoms with Gasteiger partial charge in [-0.1, -0.05) is 71.2 Å². The molecule has 0 spiro atoms. The summed E-state index contributed by atoms with van der Waals surface area (Å²) in [7, 11) is 1.72. The van der Waals surface area contributed by atoms with E-state index in [2.05, 4.69) is 69.0 Å². The first-order valence-electron chi connectivity index (χ1n) is 24.9. The molecular weight excluding hydrogens is 1150 g/mol. The Kier molecular flexibility index (Phi) is 21.0. The van der Waals surface area contributed by atoms with Gasteiger partial charge in [0.2, 0.25) is 0 Å². The molecule has 6 aromatic heterocycles. The second-order valence-corrected chi connectivity index (χ2v) is 24.2. The Labute approximate surface area is 485 Å². The maximum absolute atomic E-state index is 11.5. The molecule has 406 valence electrons. The van der Waals surface area contributed by atoms with Crippen LogP contribution in [0.2, 0.25) is 10.3 Å². The van der Waals surface area contributed by atoms with Crippen molar-refractivity contribution in [3.63, 3.8) is 0 Å². The number of carboxylic acid groups (broad SMARTS) is 1. The number of carboxylic acids is 1. The number of likely N-dealkylation sites (N-methyl/N-ethyl adjacent to an activating group) is 1. The third-order valence-corrected chi connectivity index (χ3v) is 16.6. The highest BCUT2D eigenvalue weighted by Gasteiger charge is 2.52. The van der Waals surface area contributed by atoms with Crippen LogP contribution in [0.25, 0.3) is 32.4 Å². The molecule has 0 aliphatic carbocycles. The fourth-order valence-corrected chi connectivity index (χ4v) is 11.1. The summed E-state index contributed by atoms with van der Waals surface area (Å²) in [5.41, 5.74) is 8.36. The largest absolute Gasteiger partial charge is 0.514 e. The topological polar surface area (TPSA) is 160 Å². The number of hydrogen-bond acceptors (Lipinski definition) is 15. The lowest BCUT2D eigenvalue weighted by atomic mass is 9.84. The maximum atomic E-state index is 11.5. The van der Waals surface area contributed by atoms with Gasteiger partial charge in [-0.05, 0) is 179 Å². The van der Waals surface area contributed by atoms with Crippen LogP contribution in [0, 0.1) is 6.92 Å². The van der Waals surface area contributed by atoms with Gasteiger partial charge >= 0.3 is 25.0 Å². The number of aromatic carboxylic acids is 1. The minimum absolute atomic E-state index is 0.247. The average molecular weight is 1210 g/mol. The smallest absolute Gasteiger partial charge is 0.488 e. The average Bonchev–Trinajstić information content (AvgIpc) is 4.36. The molecule has 1 fully saturated rings. The SMILES string of the molecule is CC1(C)OB(c2cccc(Cl)n2)OC1(C)C.CCOC(=O)c1ccc(-c2cccc(Cl)n2)s1.CCOC(=O)c1ccc(Br)s1.Cc1ccc(OCc2ccc3c(c2)CCN(C)C3)c(-c2cccc(-c3ccc(C(=O)O)s3)n2)c1. The first-order valence-corrected chi connectivity index (χ1v) is 28.9. The van der Waals surface area contributed by atoms with E-state index >= 15 is 0 Å². The second-order valence-electron chi connectivity index (χ2n) is 18.8.